The minimum Gasteiger partial charge on any atom is -0.462 e. The van der Waals surface area contributed by atoms with Gasteiger partial charge in [0.05, 0.1) is 18.3 Å². The SMILES string of the molecule is CCOC(=O)c1ccc(CCCNCC(O)c2ccccc2F)cc1. The van der Waals surface area contributed by atoms with Crippen LogP contribution >= 0.6 is 0 Å². The molecule has 0 heterocycles. The lowest BCUT2D eigenvalue weighted by atomic mass is 10.1. The zero-order valence-electron chi connectivity index (χ0n) is 14.4. The molecule has 0 spiro atoms. The molecule has 2 aromatic rings. The summed E-state index contributed by atoms with van der Waals surface area (Å²) < 4.78 is 18.5. The van der Waals surface area contributed by atoms with Gasteiger partial charge in [-0.2, -0.15) is 0 Å². The maximum atomic E-state index is 13.6. The maximum Gasteiger partial charge on any atom is 0.338 e. The van der Waals surface area contributed by atoms with Crippen molar-refractivity contribution in [1.82, 2.24) is 5.32 Å². The molecular formula is C20H24FNO3. The largest absolute Gasteiger partial charge is 0.462 e. The van der Waals surface area contributed by atoms with Crippen molar-refractivity contribution in [3.63, 3.8) is 0 Å². The molecule has 2 rings (SSSR count). The van der Waals surface area contributed by atoms with Crippen molar-refractivity contribution < 1.29 is 19.0 Å². The zero-order valence-corrected chi connectivity index (χ0v) is 14.4. The summed E-state index contributed by atoms with van der Waals surface area (Å²) in [6, 6.07) is 13.6. The second-order valence-corrected chi connectivity index (χ2v) is 5.76. The van der Waals surface area contributed by atoms with E-state index in [2.05, 4.69) is 5.32 Å². The van der Waals surface area contributed by atoms with Gasteiger partial charge in [0.25, 0.3) is 0 Å². The Labute approximate surface area is 147 Å². The van der Waals surface area contributed by atoms with Gasteiger partial charge in [-0.15, -0.1) is 0 Å². The number of aryl methyl sites for hydroxylation is 1. The van der Waals surface area contributed by atoms with Gasteiger partial charge in [0.2, 0.25) is 0 Å². The molecule has 2 aromatic carbocycles. The fraction of sp³-hybridized carbons (Fsp3) is 0.350. The van der Waals surface area contributed by atoms with Crippen molar-refractivity contribution in [1.29, 1.82) is 0 Å². The standard InChI is InChI=1S/C20H24FNO3/c1-2-25-20(24)16-11-9-15(10-12-16)6-5-13-22-14-19(23)17-7-3-4-8-18(17)21/h3-4,7-12,19,22-23H,2,5-6,13-14H2,1H3. The first-order valence-corrected chi connectivity index (χ1v) is 8.51. The van der Waals surface area contributed by atoms with Crippen LogP contribution < -0.4 is 5.32 Å². The van der Waals surface area contributed by atoms with E-state index in [9.17, 15) is 14.3 Å². The molecule has 0 amide bonds. The zero-order chi connectivity index (χ0) is 18.1. The average molecular weight is 345 g/mol. The Morgan fingerprint density at radius 1 is 1.20 bits per heavy atom. The molecule has 0 aliphatic rings. The predicted octanol–water partition coefficient (Wildman–Crippen LogP) is 3.26. The third kappa shape index (κ3) is 5.96. The van der Waals surface area contributed by atoms with Gasteiger partial charge in [0.15, 0.2) is 0 Å². The van der Waals surface area contributed by atoms with Crippen molar-refractivity contribution in [3.8, 4) is 0 Å². The van der Waals surface area contributed by atoms with Crippen molar-refractivity contribution in [2.75, 3.05) is 19.7 Å². The number of carbonyl (C=O) groups excluding carboxylic acids is 1. The molecule has 0 fully saturated rings. The highest BCUT2D eigenvalue weighted by molar-refractivity contribution is 5.89. The van der Waals surface area contributed by atoms with Crippen LogP contribution in [0.3, 0.4) is 0 Å². The number of halogens is 1. The first-order chi connectivity index (χ1) is 12.1. The molecule has 4 nitrogen and oxygen atoms in total. The molecule has 0 bridgehead atoms. The third-order valence-corrected chi connectivity index (χ3v) is 3.89. The molecule has 0 radical (unpaired) electrons. The highest BCUT2D eigenvalue weighted by atomic mass is 19.1. The number of aliphatic hydroxyl groups excluding tert-OH is 1. The number of carbonyl (C=O) groups is 1. The fourth-order valence-corrected chi connectivity index (χ4v) is 2.53. The minimum absolute atomic E-state index is 0.308. The predicted molar refractivity (Wildman–Crippen MR) is 94.9 cm³/mol. The van der Waals surface area contributed by atoms with Crippen LogP contribution in [-0.2, 0) is 11.2 Å². The number of nitrogens with one attached hydrogen (secondary N) is 1. The average Bonchev–Trinajstić information content (AvgIpc) is 2.62. The highest BCUT2D eigenvalue weighted by Gasteiger charge is 2.11. The Bertz CT molecular complexity index is 673. The van der Waals surface area contributed by atoms with E-state index in [1.165, 1.54) is 6.07 Å². The van der Waals surface area contributed by atoms with Crippen LogP contribution in [0, 0.1) is 5.82 Å². The second-order valence-electron chi connectivity index (χ2n) is 5.76. The molecule has 0 aliphatic carbocycles. The van der Waals surface area contributed by atoms with E-state index in [-0.39, 0.29) is 5.97 Å². The van der Waals surface area contributed by atoms with E-state index >= 15 is 0 Å². The molecule has 1 unspecified atom stereocenters. The molecule has 134 valence electrons. The Hall–Kier alpha value is -2.24. The molecule has 0 saturated heterocycles. The lowest BCUT2D eigenvalue weighted by Crippen LogP contribution is -2.23. The molecule has 0 aromatic heterocycles. The quantitative estimate of drug-likeness (QED) is 0.541. The van der Waals surface area contributed by atoms with E-state index < -0.39 is 11.9 Å². The number of rotatable bonds is 9. The van der Waals surface area contributed by atoms with Crippen molar-refractivity contribution in [2.45, 2.75) is 25.9 Å². The Morgan fingerprint density at radius 2 is 1.92 bits per heavy atom. The molecule has 1 atom stereocenters. The number of ether oxygens (including phenoxy) is 1. The number of benzene rings is 2. The normalized spacial score (nSPS) is 12.0. The van der Waals surface area contributed by atoms with Crippen LogP contribution in [0.25, 0.3) is 0 Å². The Balaban J connectivity index is 1.69. The fourth-order valence-electron chi connectivity index (χ4n) is 2.53. The lowest BCUT2D eigenvalue weighted by molar-refractivity contribution is 0.0526. The number of hydrogen-bond acceptors (Lipinski definition) is 4. The van der Waals surface area contributed by atoms with Gasteiger partial charge in [-0.3, -0.25) is 0 Å². The maximum absolute atomic E-state index is 13.6. The van der Waals surface area contributed by atoms with Crippen LogP contribution in [-0.4, -0.2) is 30.8 Å². The summed E-state index contributed by atoms with van der Waals surface area (Å²) >= 11 is 0. The summed E-state index contributed by atoms with van der Waals surface area (Å²) in [7, 11) is 0. The smallest absolute Gasteiger partial charge is 0.338 e. The Kier molecular flexibility index (Phi) is 7.57. The monoisotopic (exact) mass is 345 g/mol. The Morgan fingerprint density at radius 3 is 2.60 bits per heavy atom. The molecule has 5 heteroatoms. The summed E-state index contributed by atoms with van der Waals surface area (Å²) in [4.78, 5) is 11.6. The first-order valence-electron chi connectivity index (χ1n) is 8.51. The van der Waals surface area contributed by atoms with E-state index in [4.69, 9.17) is 4.74 Å². The molecular weight excluding hydrogens is 321 g/mol. The van der Waals surface area contributed by atoms with E-state index in [1.807, 2.05) is 12.1 Å². The molecule has 2 N–H and O–H groups in total. The third-order valence-electron chi connectivity index (χ3n) is 3.89. The van der Waals surface area contributed by atoms with Gasteiger partial charge >= 0.3 is 5.97 Å². The van der Waals surface area contributed by atoms with Gasteiger partial charge < -0.3 is 15.2 Å². The van der Waals surface area contributed by atoms with Crippen LogP contribution in [0.5, 0.6) is 0 Å². The van der Waals surface area contributed by atoms with Gasteiger partial charge in [-0.1, -0.05) is 30.3 Å². The lowest BCUT2D eigenvalue weighted by Gasteiger charge is -2.13. The van der Waals surface area contributed by atoms with Crippen molar-refractivity contribution in [3.05, 3.63) is 71.0 Å². The van der Waals surface area contributed by atoms with E-state index in [0.717, 1.165) is 18.4 Å². The summed E-state index contributed by atoms with van der Waals surface area (Å²) in [5, 5.41) is 13.1. The van der Waals surface area contributed by atoms with Gasteiger partial charge in [0, 0.05) is 12.1 Å². The van der Waals surface area contributed by atoms with Crippen LogP contribution in [0.15, 0.2) is 48.5 Å². The summed E-state index contributed by atoms with van der Waals surface area (Å²) in [5.41, 5.74) is 1.99. The van der Waals surface area contributed by atoms with E-state index in [0.29, 0.717) is 30.8 Å². The van der Waals surface area contributed by atoms with Crippen molar-refractivity contribution >= 4 is 5.97 Å². The topological polar surface area (TPSA) is 58.6 Å². The molecule has 25 heavy (non-hydrogen) atoms. The second kappa shape index (κ2) is 9.91. The van der Waals surface area contributed by atoms with Gasteiger partial charge in [-0.25, -0.2) is 9.18 Å². The van der Waals surface area contributed by atoms with Crippen LogP contribution in [0.1, 0.15) is 40.9 Å². The number of hydrogen-bond donors (Lipinski definition) is 2. The van der Waals surface area contributed by atoms with Crippen molar-refractivity contribution in [2.24, 2.45) is 0 Å². The van der Waals surface area contributed by atoms with Gasteiger partial charge in [-0.05, 0) is 50.1 Å². The van der Waals surface area contributed by atoms with Gasteiger partial charge in [0.1, 0.15) is 5.82 Å². The van der Waals surface area contributed by atoms with E-state index in [1.54, 1.807) is 37.3 Å². The summed E-state index contributed by atoms with van der Waals surface area (Å²) in [6.45, 7) is 3.17. The molecule has 0 aliphatic heterocycles. The number of esters is 1. The number of aliphatic hydroxyl groups is 1. The van der Waals surface area contributed by atoms with Crippen LogP contribution in [0.2, 0.25) is 0 Å². The highest BCUT2D eigenvalue weighted by Crippen LogP contribution is 2.15. The first kappa shape index (κ1) is 19.1. The summed E-state index contributed by atoms with van der Waals surface area (Å²) in [5.74, 6) is -0.698. The van der Waals surface area contributed by atoms with Crippen LogP contribution in [0.4, 0.5) is 4.39 Å². The minimum atomic E-state index is -0.856. The molecule has 0 saturated carbocycles. The summed E-state index contributed by atoms with van der Waals surface area (Å²) in [6.07, 6.45) is 0.874.